The van der Waals surface area contributed by atoms with Crippen molar-refractivity contribution in [3.8, 4) is 0 Å². The summed E-state index contributed by atoms with van der Waals surface area (Å²) in [6.45, 7) is 5.93. The number of nitrogens with zero attached hydrogens (tertiary/aromatic N) is 3. The van der Waals surface area contributed by atoms with Gasteiger partial charge in [0.15, 0.2) is 0 Å². The number of H-pyrrole nitrogens is 1. The van der Waals surface area contributed by atoms with Crippen LogP contribution in [0.5, 0.6) is 0 Å². The molecule has 2 aliphatic heterocycles. The Morgan fingerprint density at radius 3 is 2.31 bits per heavy atom. The Labute approximate surface area is 184 Å². The number of nitrogens with one attached hydrogen (secondary N) is 1. The number of fused-ring (bicyclic) bond motifs is 2. The molecular formula is C24H24N4O4. The summed E-state index contributed by atoms with van der Waals surface area (Å²) in [6.07, 6.45) is 0.710. The summed E-state index contributed by atoms with van der Waals surface area (Å²) in [5, 5.41) is 0. The van der Waals surface area contributed by atoms with Gasteiger partial charge in [0.05, 0.1) is 35.5 Å². The van der Waals surface area contributed by atoms with Gasteiger partial charge in [-0.3, -0.25) is 24.2 Å². The van der Waals surface area contributed by atoms with E-state index in [0.29, 0.717) is 42.0 Å². The highest BCUT2D eigenvalue weighted by molar-refractivity contribution is 6.21. The molecule has 32 heavy (non-hydrogen) atoms. The zero-order valence-corrected chi connectivity index (χ0v) is 18.1. The molecule has 2 amide bonds. The van der Waals surface area contributed by atoms with Gasteiger partial charge in [0, 0.05) is 25.4 Å². The van der Waals surface area contributed by atoms with Crippen LogP contribution in [0.2, 0.25) is 0 Å². The fourth-order valence-electron chi connectivity index (χ4n) is 4.26. The Balaban J connectivity index is 1.26. The molecule has 2 aromatic heterocycles. The number of carbonyl (C=O) groups excluding carboxylic acids is 2. The van der Waals surface area contributed by atoms with E-state index in [9.17, 15) is 14.4 Å². The molecule has 0 aliphatic carbocycles. The normalized spacial score (nSPS) is 16.0. The largest absolute Gasteiger partial charge is 0.463 e. The first kappa shape index (κ1) is 20.4. The van der Waals surface area contributed by atoms with E-state index in [2.05, 4.69) is 14.9 Å². The number of benzene rings is 1. The van der Waals surface area contributed by atoms with E-state index in [1.54, 1.807) is 30.3 Å². The van der Waals surface area contributed by atoms with Gasteiger partial charge in [0.25, 0.3) is 17.4 Å². The summed E-state index contributed by atoms with van der Waals surface area (Å²) in [7, 11) is 0. The maximum Gasteiger partial charge on any atom is 0.261 e. The first-order chi connectivity index (χ1) is 15.4. The second kappa shape index (κ2) is 7.87. The number of hydrogen-bond acceptors (Lipinski definition) is 6. The molecule has 0 saturated carbocycles. The maximum atomic E-state index is 12.6. The van der Waals surface area contributed by atoms with E-state index in [4.69, 9.17) is 4.42 Å². The maximum absolute atomic E-state index is 12.6. The van der Waals surface area contributed by atoms with Gasteiger partial charge in [-0.15, -0.1) is 0 Å². The van der Waals surface area contributed by atoms with Crippen molar-refractivity contribution in [2.75, 3.05) is 6.54 Å². The number of aromatic amines is 1. The summed E-state index contributed by atoms with van der Waals surface area (Å²) in [4.78, 5) is 48.5. The molecule has 1 N–H and O–H groups in total. The number of rotatable bonds is 5. The molecule has 0 fully saturated rings. The molecule has 8 nitrogen and oxygen atoms in total. The molecular weight excluding hydrogens is 408 g/mol. The molecule has 3 aromatic rings. The van der Waals surface area contributed by atoms with Crippen molar-refractivity contribution in [3.63, 3.8) is 0 Å². The Kier molecular flexibility index (Phi) is 5.01. The van der Waals surface area contributed by atoms with Crippen molar-refractivity contribution in [3.05, 3.63) is 86.5 Å². The second-order valence-electron chi connectivity index (χ2n) is 8.60. The van der Waals surface area contributed by atoms with Crippen LogP contribution in [0, 0.1) is 0 Å². The number of carbonyl (C=O) groups is 2. The fourth-order valence-corrected chi connectivity index (χ4v) is 4.26. The highest BCUT2D eigenvalue weighted by Gasteiger charge is 2.35. The number of imide groups is 1. The smallest absolute Gasteiger partial charge is 0.261 e. The van der Waals surface area contributed by atoms with Gasteiger partial charge >= 0.3 is 0 Å². The highest BCUT2D eigenvalue weighted by Crippen LogP contribution is 2.25. The Morgan fingerprint density at radius 2 is 1.66 bits per heavy atom. The summed E-state index contributed by atoms with van der Waals surface area (Å²) < 4.78 is 5.92. The van der Waals surface area contributed by atoms with Gasteiger partial charge in [0.1, 0.15) is 17.3 Å². The van der Waals surface area contributed by atoms with E-state index in [1.165, 1.54) is 4.90 Å². The van der Waals surface area contributed by atoms with Crippen molar-refractivity contribution in [2.24, 2.45) is 0 Å². The van der Waals surface area contributed by atoms with Crippen molar-refractivity contribution in [1.82, 2.24) is 19.8 Å². The minimum absolute atomic E-state index is 0.0749. The molecule has 0 saturated heterocycles. The molecule has 164 valence electrons. The van der Waals surface area contributed by atoms with E-state index >= 15 is 0 Å². The summed E-state index contributed by atoms with van der Waals surface area (Å²) in [6, 6.07) is 10.5. The van der Waals surface area contributed by atoms with Gasteiger partial charge in [-0.1, -0.05) is 26.0 Å². The van der Waals surface area contributed by atoms with E-state index < -0.39 is 0 Å². The molecule has 4 heterocycles. The van der Waals surface area contributed by atoms with Crippen LogP contribution in [0.4, 0.5) is 0 Å². The summed E-state index contributed by atoms with van der Waals surface area (Å²) in [5.74, 6) is 1.57. The van der Waals surface area contributed by atoms with Gasteiger partial charge < -0.3 is 9.40 Å². The lowest BCUT2D eigenvalue weighted by Crippen LogP contribution is -2.35. The van der Waals surface area contributed by atoms with Crippen molar-refractivity contribution >= 4 is 11.8 Å². The molecule has 0 bridgehead atoms. The average Bonchev–Trinajstić information content (AvgIpc) is 3.32. The average molecular weight is 432 g/mol. The lowest BCUT2D eigenvalue weighted by Gasteiger charge is -2.27. The molecule has 0 unspecified atom stereocenters. The second-order valence-corrected chi connectivity index (χ2v) is 8.60. The topological polar surface area (TPSA) is 99.5 Å². The van der Waals surface area contributed by atoms with Gasteiger partial charge in [0.2, 0.25) is 0 Å². The minimum Gasteiger partial charge on any atom is -0.463 e. The van der Waals surface area contributed by atoms with Gasteiger partial charge in [-0.05, 0) is 24.3 Å². The minimum atomic E-state index is -0.302. The molecule has 0 spiro atoms. The van der Waals surface area contributed by atoms with Crippen LogP contribution in [0.15, 0.2) is 45.6 Å². The predicted molar refractivity (Wildman–Crippen MR) is 116 cm³/mol. The van der Waals surface area contributed by atoms with E-state index in [1.807, 2.05) is 19.9 Å². The summed E-state index contributed by atoms with van der Waals surface area (Å²) >= 11 is 0. The number of aromatic nitrogens is 2. The number of hydrogen-bond donors (Lipinski definition) is 1. The van der Waals surface area contributed by atoms with Crippen LogP contribution < -0.4 is 5.56 Å². The zero-order chi connectivity index (χ0) is 22.4. The molecule has 8 heteroatoms. The van der Waals surface area contributed by atoms with Crippen molar-refractivity contribution in [1.29, 1.82) is 0 Å². The predicted octanol–water partition coefficient (Wildman–Crippen LogP) is 2.84. The molecule has 1 aromatic carbocycles. The third-order valence-corrected chi connectivity index (χ3v) is 6.00. The highest BCUT2D eigenvalue weighted by atomic mass is 16.3. The van der Waals surface area contributed by atoms with Gasteiger partial charge in [-0.2, -0.15) is 0 Å². The van der Waals surface area contributed by atoms with E-state index in [0.717, 1.165) is 23.8 Å². The van der Waals surface area contributed by atoms with Crippen LogP contribution in [-0.2, 0) is 26.1 Å². The Morgan fingerprint density at radius 1 is 1.00 bits per heavy atom. The first-order valence-electron chi connectivity index (χ1n) is 10.8. The van der Waals surface area contributed by atoms with Crippen LogP contribution in [0.3, 0.4) is 0 Å². The number of furan rings is 1. The standard InChI is InChI=1S/C24H24N4O4/c1-14(2)21-25-20-9-10-27(13-19(20)22(29)26-21)11-15-7-8-16(32-15)12-28-23(30)17-5-3-4-6-18(17)24(28)31/h3-8,14H,9-13H2,1-2H3,(H,25,26,29). The van der Waals surface area contributed by atoms with Gasteiger partial charge in [-0.25, -0.2) is 4.98 Å². The lowest BCUT2D eigenvalue weighted by molar-refractivity contribution is 0.0630. The molecule has 0 atom stereocenters. The number of amides is 2. The van der Waals surface area contributed by atoms with Crippen LogP contribution in [0.1, 0.15) is 69.1 Å². The summed E-state index contributed by atoms with van der Waals surface area (Å²) in [5.41, 5.74) is 2.36. The third-order valence-electron chi connectivity index (χ3n) is 6.00. The van der Waals surface area contributed by atoms with Crippen LogP contribution >= 0.6 is 0 Å². The van der Waals surface area contributed by atoms with Crippen molar-refractivity contribution < 1.29 is 14.0 Å². The monoisotopic (exact) mass is 432 g/mol. The first-order valence-corrected chi connectivity index (χ1v) is 10.8. The SMILES string of the molecule is CC(C)c1nc2c(c(=O)[nH]1)CN(Cc1ccc(CN3C(=O)c4ccccc4C3=O)o1)CC2. The lowest BCUT2D eigenvalue weighted by atomic mass is 10.1. The molecule has 2 aliphatic rings. The van der Waals surface area contributed by atoms with Crippen molar-refractivity contribution in [2.45, 2.75) is 45.8 Å². The van der Waals surface area contributed by atoms with Crippen LogP contribution in [-0.4, -0.2) is 38.1 Å². The third kappa shape index (κ3) is 3.56. The quantitative estimate of drug-likeness (QED) is 0.623. The molecule has 5 rings (SSSR count). The Bertz CT molecular complexity index is 1240. The van der Waals surface area contributed by atoms with E-state index in [-0.39, 0.29) is 29.8 Å². The fraction of sp³-hybridized carbons (Fsp3) is 0.333. The van der Waals surface area contributed by atoms with Crippen LogP contribution in [0.25, 0.3) is 0 Å². The Hall–Kier alpha value is -3.52. The zero-order valence-electron chi connectivity index (χ0n) is 18.1. The molecule has 0 radical (unpaired) electrons.